The molecule has 5 nitrogen and oxygen atoms in total. The fraction of sp³-hybridized carbons (Fsp3) is 0.381. The van der Waals surface area contributed by atoms with Crippen molar-refractivity contribution in [1.29, 1.82) is 0 Å². The molecule has 4 atom stereocenters. The Labute approximate surface area is 163 Å². The van der Waals surface area contributed by atoms with Crippen LogP contribution in [-0.2, 0) is 32.2 Å². The van der Waals surface area contributed by atoms with Crippen LogP contribution >= 0.6 is 11.8 Å². The van der Waals surface area contributed by atoms with Crippen molar-refractivity contribution in [2.24, 2.45) is 0 Å². The number of aliphatic hydroxyl groups excluding tert-OH is 1. The van der Waals surface area contributed by atoms with Crippen LogP contribution in [0.2, 0.25) is 0 Å². The lowest BCUT2D eigenvalue weighted by Gasteiger charge is -2.22. The number of hydrogen-bond acceptors (Lipinski definition) is 6. The number of esters is 1. The van der Waals surface area contributed by atoms with Gasteiger partial charge in [0.25, 0.3) is 0 Å². The summed E-state index contributed by atoms with van der Waals surface area (Å²) < 4.78 is 17.1. The summed E-state index contributed by atoms with van der Waals surface area (Å²) in [7, 11) is 0. The zero-order valence-electron chi connectivity index (χ0n) is 15.2. The van der Waals surface area contributed by atoms with Crippen molar-refractivity contribution < 1.29 is 24.1 Å². The Morgan fingerprint density at radius 3 is 2.19 bits per heavy atom. The molecule has 1 saturated heterocycles. The van der Waals surface area contributed by atoms with Crippen molar-refractivity contribution in [1.82, 2.24) is 0 Å². The van der Waals surface area contributed by atoms with Crippen LogP contribution < -0.4 is 0 Å². The van der Waals surface area contributed by atoms with Crippen LogP contribution in [0.3, 0.4) is 0 Å². The molecular formula is C21H24O5S. The topological polar surface area (TPSA) is 65.0 Å². The molecule has 0 bridgehead atoms. The molecule has 1 aliphatic heterocycles. The minimum Gasteiger partial charge on any atom is -0.449 e. The minimum atomic E-state index is -0.895. The van der Waals surface area contributed by atoms with E-state index in [1.807, 2.05) is 60.7 Å². The molecule has 2 aromatic rings. The van der Waals surface area contributed by atoms with E-state index < -0.39 is 23.6 Å². The van der Waals surface area contributed by atoms with E-state index in [1.54, 1.807) is 0 Å². The van der Waals surface area contributed by atoms with Gasteiger partial charge in [-0.05, 0) is 11.1 Å². The van der Waals surface area contributed by atoms with Crippen LogP contribution in [-0.4, -0.2) is 40.6 Å². The van der Waals surface area contributed by atoms with Gasteiger partial charge in [0, 0.05) is 6.92 Å². The third-order valence-electron chi connectivity index (χ3n) is 4.25. The lowest BCUT2D eigenvalue weighted by Crippen LogP contribution is -2.37. The van der Waals surface area contributed by atoms with Crippen molar-refractivity contribution in [3.63, 3.8) is 0 Å². The van der Waals surface area contributed by atoms with Crippen molar-refractivity contribution in [3.8, 4) is 0 Å². The zero-order chi connectivity index (χ0) is 19.1. The van der Waals surface area contributed by atoms with E-state index in [-0.39, 0.29) is 5.25 Å². The number of rotatable bonds is 8. The fourth-order valence-corrected chi connectivity index (χ4v) is 4.36. The van der Waals surface area contributed by atoms with Crippen LogP contribution in [0, 0.1) is 0 Å². The largest absolute Gasteiger partial charge is 0.449 e. The van der Waals surface area contributed by atoms with E-state index in [9.17, 15) is 9.90 Å². The Bertz CT molecular complexity index is 709. The van der Waals surface area contributed by atoms with Gasteiger partial charge in [0.2, 0.25) is 0 Å². The second-order valence-corrected chi connectivity index (χ2v) is 7.75. The Morgan fingerprint density at radius 1 is 1.00 bits per heavy atom. The average molecular weight is 388 g/mol. The number of carbonyl (C=O) groups excluding carboxylic acids is 1. The maximum absolute atomic E-state index is 11.3. The highest BCUT2D eigenvalue weighted by Crippen LogP contribution is 2.37. The second kappa shape index (κ2) is 9.90. The SMILES string of the molecule is CC(=O)OC1S[C@H](COCc2ccccc2)[C@@H](OCc2ccccc2)[C@@H]1O. The maximum atomic E-state index is 11.3. The molecule has 0 aliphatic carbocycles. The van der Waals surface area contributed by atoms with Crippen molar-refractivity contribution in [2.45, 2.75) is 43.0 Å². The smallest absolute Gasteiger partial charge is 0.303 e. The first-order valence-electron chi connectivity index (χ1n) is 8.91. The van der Waals surface area contributed by atoms with Crippen LogP contribution in [0.5, 0.6) is 0 Å². The molecule has 27 heavy (non-hydrogen) atoms. The first-order chi connectivity index (χ1) is 13.1. The summed E-state index contributed by atoms with van der Waals surface area (Å²) in [5, 5.41) is 10.5. The molecule has 3 rings (SSSR count). The molecule has 1 unspecified atom stereocenters. The van der Waals surface area contributed by atoms with Gasteiger partial charge >= 0.3 is 5.97 Å². The molecule has 1 fully saturated rings. The molecule has 2 aromatic carbocycles. The predicted molar refractivity (Wildman–Crippen MR) is 104 cm³/mol. The van der Waals surface area contributed by atoms with Crippen molar-refractivity contribution in [2.75, 3.05) is 6.61 Å². The van der Waals surface area contributed by atoms with Gasteiger partial charge in [0.1, 0.15) is 12.2 Å². The Kier molecular flexibility index (Phi) is 7.29. The van der Waals surface area contributed by atoms with Gasteiger partial charge in [0.15, 0.2) is 5.44 Å². The van der Waals surface area contributed by atoms with Crippen LogP contribution in [0.25, 0.3) is 0 Å². The van der Waals surface area contributed by atoms with E-state index in [0.29, 0.717) is 19.8 Å². The molecule has 0 saturated carbocycles. The van der Waals surface area contributed by atoms with Crippen molar-refractivity contribution >= 4 is 17.7 Å². The molecule has 6 heteroatoms. The number of ether oxygens (including phenoxy) is 3. The van der Waals surface area contributed by atoms with E-state index in [1.165, 1.54) is 18.7 Å². The van der Waals surface area contributed by atoms with E-state index in [2.05, 4.69) is 0 Å². The van der Waals surface area contributed by atoms with Gasteiger partial charge in [-0.25, -0.2) is 0 Å². The van der Waals surface area contributed by atoms with Crippen molar-refractivity contribution in [3.05, 3.63) is 71.8 Å². The normalized spacial score (nSPS) is 24.7. The quantitative estimate of drug-likeness (QED) is 0.701. The van der Waals surface area contributed by atoms with Gasteiger partial charge in [-0.15, -0.1) is 11.8 Å². The van der Waals surface area contributed by atoms with E-state index in [0.717, 1.165) is 11.1 Å². The summed E-state index contributed by atoms with van der Waals surface area (Å²) in [6.07, 6.45) is -1.37. The maximum Gasteiger partial charge on any atom is 0.303 e. The lowest BCUT2D eigenvalue weighted by molar-refractivity contribution is -0.149. The second-order valence-electron chi connectivity index (χ2n) is 6.40. The highest BCUT2D eigenvalue weighted by Gasteiger charge is 2.46. The summed E-state index contributed by atoms with van der Waals surface area (Å²) in [5.74, 6) is -0.417. The first kappa shape index (κ1) is 19.9. The van der Waals surface area contributed by atoms with Crippen LogP contribution in [0.4, 0.5) is 0 Å². The van der Waals surface area contributed by atoms with Gasteiger partial charge in [-0.2, -0.15) is 0 Å². The van der Waals surface area contributed by atoms with Gasteiger partial charge < -0.3 is 19.3 Å². The number of thioether (sulfide) groups is 1. The minimum absolute atomic E-state index is 0.128. The summed E-state index contributed by atoms with van der Waals surface area (Å²) in [6.45, 7) is 2.60. The summed E-state index contributed by atoms with van der Waals surface area (Å²) >= 11 is 1.38. The molecule has 0 aromatic heterocycles. The summed E-state index contributed by atoms with van der Waals surface area (Å²) in [4.78, 5) is 11.3. The summed E-state index contributed by atoms with van der Waals surface area (Å²) in [6, 6.07) is 19.7. The summed E-state index contributed by atoms with van der Waals surface area (Å²) in [5.41, 5.74) is 1.46. The molecule has 0 radical (unpaired) electrons. The fourth-order valence-electron chi connectivity index (χ4n) is 2.94. The third-order valence-corrected chi connectivity index (χ3v) is 5.65. The molecule has 1 N–H and O–H groups in total. The number of benzene rings is 2. The monoisotopic (exact) mass is 388 g/mol. The number of carbonyl (C=O) groups is 1. The Hall–Kier alpha value is -1.86. The number of aliphatic hydroxyl groups is 1. The van der Waals surface area contributed by atoms with E-state index >= 15 is 0 Å². The molecule has 144 valence electrons. The third kappa shape index (κ3) is 5.81. The first-order valence-corrected chi connectivity index (χ1v) is 9.85. The molecule has 0 amide bonds. The predicted octanol–water partition coefficient (Wildman–Crippen LogP) is 3.15. The van der Waals surface area contributed by atoms with Gasteiger partial charge in [0.05, 0.1) is 25.1 Å². The molecular weight excluding hydrogens is 364 g/mol. The average Bonchev–Trinajstić information content (AvgIpc) is 2.96. The zero-order valence-corrected chi connectivity index (χ0v) is 16.0. The Balaban J connectivity index is 1.59. The molecule has 1 aliphatic rings. The highest BCUT2D eigenvalue weighted by atomic mass is 32.2. The Morgan fingerprint density at radius 2 is 1.59 bits per heavy atom. The van der Waals surface area contributed by atoms with Crippen LogP contribution in [0.15, 0.2) is 60.7 Å². The van der Waals surface area contributed by atoms with Crippen LogP contribution in [0.1, 0.15) is 18.1 Å². The van der Waals surface area contributed by atoms with Gasteiger partial charge in [-0.1, -0.05) is 60.7 Å². The highest BCUT2D eigenvalue weighted by molar-refractivity contribution is 8.00. The molecule has 1 heterocycles. The standard InChI is InChI=1S/C21H24O5S/c1-15(22)26-21-19(23)20(25-13-17-10-6-3-7-11-17)18(27-21)14-24-12-16-8-4-2-5-9-16/h2-11,18-21,23H,12-14H2,1H3/t18-,19+,20-,21?/m1/s1. The van der Waals surface area contributed by atoms with E-state index in [4.69, 9.17) is 14.2 Å². The van der Waals surface area contributed by atoms with Gasteiger partial charge in [-0.3, -0.25) is 4.79 Å². The molecule has 0 spiro atoms. The number of hydrogen-bond donors (Lipinski definition) is 1. The lowest BCUT2D eigenvalue weighted by atomic mass is 10.1.